The summed E-state index contributed by atoms with van der Waals surface area (Å²) in [4.78, 5) is 11.8. The Morgan fingerprint density at radius 3 is 2.87 bits per heavy atom. The SMILES string of the molecule is C#CC(C)NC(=O)c1cc(Br)ccc1C. The third kappa shape index (κ3) is 3.10. The van der Waals surface area contributed by atoms with Crippen LogP contribution in [0.3, 0.4) is 0 Å². The fourth-order valence-electron chi connectivity index (χ4n) is 1.15. The second-order valence-electron chi connectivity index (χ2n) is 3.32. The van der Waals surface area contributed by atoms with E-state index >= 15 is 0 Å². The molecule has 0 spiro atoms. The van der Waals surface area contributed by atoms with Crippen LogP contribution in [0.4, 0.5) is 0 Å². The molecule has 1 rings (SSSR count). The van der Waals surface area contributed by atoms with Crippen LogP contribution >= 0.6 is 15.9 Å². The van der Waals surface area contributed by atoms with E-state index in [1.54, 1.807) is 13.0 Å². The third-order valence-electron chi connectivity index (χ3n) is 2.04. The molecule has 0 aromatic heterocycles. The predicted octanol–water partition coefficient (Wildman–Crippen LogP) is 2.51. The molecule has 0 aliphatic heterocycles. The first-order valence-electron chi connectivity index (χ1n) is 4.57. The summed E-state index contributed by atoms with van der Waals surface area (Å²) in [5.41, 5.74) is 1.58. The van der Waals surface area contributed by atoms with Crippen LogP contribution in [0, 0.1) is 19.3 Å². The van der Waals surface area contributed by atoms with Crippen molar-refractivity contribution in [2.24, 2.45) is 0 Å². The number of terminal acetylenes is 1. The molecule has 3 heteroatoms. The van der Waals surface area contributed by atoms with Gasteiger partial charge in [0.1, 0.15) is 0 Å². The van der Waals surface area contributed by atoms with Gasteiger partial charge < -0.3 is 5.32 Å². The van der Waals surface area contributed by atoms with Crippen LogP contribution in [0.1, 0.15) is 22.8 Å². The highest BCUT2D eigenvalue weighted by atomic mass is 79.9. The van der Waals surface area contributed by atoms with E-state index in [1.165, 1.54) is 0 Å². The van der Waals surface area contributed by atoms with Gasteiger partial charge in [-0.2, -0.15) is 0 Å². The lowest BCUT2D eigenvalue weighted by Crippen LogP contribution is -2.31. The zero-order valence-electron chi connectivity index (χ0n) is 8.67. The Balaban J connectivity index is 2.92. The number of carbonyl (C=O) groups is 1. The van der Waals surface area contributed by atoms with Crippen molar-refractivity contribution in [1.82, 2.24) is 5.32 Å². The molecule has 15 heavy (non-hydrogen) atoms. The molecule has 1 amide bonds. The fourth-order valence-corrected chi connectivity index (χ4v) is 1.52. The highest BCUT2D eigenvalue weighted by molar-refractivity contribution is 9.10. The second-order valence-corrected chi connectivity index (χ2v) is 4.24. The number of hydrogen-bond acceptors (Lipinski definition) is 1. The highest BCUT2D eigenvalue weighted by Gasteiger charge is 2.10. The molecule has 1 N–H and O–H groups in total. The van der Waals surface area contributed by atoms with Gasteiger partial charge in [0.15, 0.2) is 0 Å². The average molecular weight is 266 g/mol. The Labute approximate surface area is 98.2 Å². The molecule has 0 aliphatic carbocycles. The normalized spacial score (nSPS) is 11.6. The maximum atomic E-state index is 11.8. The molecule has 0 radical (unpaired) electrons. The zero-order valence-corrected chi connectivity index (χ0v) is 10.3. The number of amides is 1. The molecular weight excluding hydrogens is 254 g/mol. The van der Waals surface area contributed by atoms with Crippen molar-refractivity contribution in [2.75, 3.05) is 0 Å². The van der Waals surface area contributed by atoms with Crippen molar-refractivity contribution < 1.29 is 4.79 Å². The number of nitrogens with one attached hydrogen (secondary N) is 1. The molecule has 0 aliphatic rings. The van der Waals surface area contributed by atoms with Crippen molar-refractivity contribution in [3.05, 3.63) is 33.8 Å². The van der Waals surface area contributed by atoms with Crippen LogP contribution in [-0.2, 0) is 0 Å². The number of benzene rings is 1. The van der Waals surface area contributed by atoms with Gasteiger partial charge in [0.25, 0.3) is 5.91 Å². The minimum absolute atomic E-state index is 0.140. The zero-order chi connectivity index (χ0) is 11.4. The van der Waals surface area contributed by atoms with Gasteiger partial charge >= 0.3 is 0 Å². The first kappa shape index (κ1) is 11.8. The van der Waals surface area contributed by atoms with Gasteiger partial charge in [-0.15, -0.1) is 6.42 Å². The van der Waals surface area contributed by atoms with E-state index in [0.29, 0.717) is 5.56 Å². The van der Waals surface area contributed by atoms with E-state index < -0.39 is 0 Å². The summed E-state index contributed by atoms with van der Waals surface area (Å²) in [6.45, 7) is 3.66. The van der Waals surface area contributed by atoms with Crippen LogP contribution in [0.25, 0.3) is 0 Å². The molecule has 0 fully saturated rings. The van der Waals surface area contributed by atoms with Crippen molar-refractivity contribution in [1.29, 1.82) is 0 Å². The number of rotatable bonds is 2. The standard InChI is InChI=1S/C12H12BrNO/c1-4-9(3)14-12(15)11-7-10(13)6-5-8(11)2/h1,5-7,9H,2-3H3,(H,14,15). The van der Waals surface area contributed by atoms with Gasteiger partial charge in [-0.25, -0.2) is 0 Å². The Bertz CT molecular complexity index is 420. The lowest BCUT2D eigenvalue weighted by molar-refractivity contribution is 0.0947. The lowest BCUT2D eigenvalue weighted by Gasteiger charge is -2.10. The molecule has 0 bridgehead atoms. The van der Waals surface area contributed by atoms with Crippen molar-refractivity contribution in [2.45, 2.75) is 19.9 Å². The number of halogens is 1. The van der Waals surface area contributed by atoms with Crippen LogP contribution < -0.4 is 5.32 Å². The quantitative estimate of drug-likeness (QED) is 0.819. The maximum absolute atomic E-state index is 11.8. The number of hydrogen-bond donors (Lipinski definition) is 1. The summed E-state index contributed by atoms with van der Waals surface area (Å²) in [6.07, 6.45) is 5.19. The lowest BCUT2D eigenvalue weighted by atomic mass is 10.1. The van der Waals surface area contributed by atoms with Crippen LogP contribution in [0.5, 0.6) is 0 Å². The molecule has 0 heterocycles. The van der Waals surface area contributed by atoms with E-state index in [0.717, 1.165) is 10.0 Å². The van der Waals surface area contributed by atoms with E-state index in [9.17, 15) is 4.79 Å². The van der Waals surface area contributed by atoms with Crippen molar-refractivity contribution >= 4 is 21.8 Å². The molecule has 1 unspecified atom stereocenters. The minimum Gasteiger partial charge on any atom is -0.339 e. The minimum atomic E-state index is -0.254. The van der Waals surface area contributed by atoms with Gasteiger partial charge in [0.05, 0.1) is 6.04 Å². The second kappa shape index (κ2) is 4.99. The summed E-state index contributed by atoms with van der Waals surface area (Å²) in [7, 11) is 0. The summed E-state index contributed by atoms with van der Waals surface area (Å²) >= 11 is 3.33. The van der Waals surface area contributed by atoms with E-state index in [2.05, 4.69) is 27.2 Å². The molecular formula is C12H12BrNO. The van der Waals surface area contributed by atoms with E-state index in [1.807, 2.05) is 19.1 Å². The van der Waals surface area contributed by atoms with Crippen LogP contribution in [0.2, 0.25) is 0 Å². The molecule has 0 saturated heterocycles. The molecule has 0 saturated carbocycles. The van der Waals surface area contributed by atoms with Gasteiger partial charge in [-0.1, -0.05) is 27.9 Å². The first-order chi connectivity index (χ1) is 7.04. The summed E-state index contributed by atoms with van der Waals surface area (Å²) < 4.78 is 0.881. The van der Waals surface area contributed by atoms with Gasteiger partial charge in [0.2, 0.25) is 0 Å². The largest absolute Gasteiger partial charge is 0.339 e. The van der Waals surface area contributed by atoms with Gasteiger partial charge in [0, 0.05) is 10.0 Å². The highest BCUT2D eigenvalue weighted by Crippen LogP contribution is 2.15. The summed E-state index contributed by atoms with van der Waals surface area (Å²) in [5.74, 6) is 2.32. The van der Waals surface area contributed by atoms with E-state index in [4.69, 9.17) is 6.42 Å². The monoisotopic (exact) mass is 265 g/mol. The topological polar surface area (TPSA) is 29.1 Å². The Morgan fingerprint density at radius 2 is 2.27 bits per heavy atom. The van der Waals surface area contributed by atoms with Crippen LogP contribution in [-0.4, -0.2) is 11.9 Å². The van der Waals surface area contributed by atoms with E-state index in [-0.39, 0.29) is 11.9 Å². The molecule has 1 atom stereocenters. The summed E-state index contributed by atoms with van der Waals surface area (Å²) in [6, 6.07) is 5.32. The summed E-state index contributed by atoms with van der Waals surface area (Å²) in [5, 5.41) is 2.72. The predicted molar refractivity (Wildman–Crippen MR) is 64.6 cm³/mol. The van der Waals surface area contributed by atoms with Crippen LogP contribution in [0.15, 0.2) is 22.7 Å². The molecule has 78 valence electrons. The maximum Gasteiger partial charge on any atom is 0.252 e. The number of carbonyl (C=O) groups excluding carboxylic acids is 1. The Kier molecular flexibility index (Phi) is 3.93. The average Bonchev–Trinajstić information content (AvgIpc) is 2.21. The molecule has 1 aromatic carbocycles. The Hall–Kier alpha value is -1.27. The van der Waals surface area contributed by atoms with Gasteiger partial charge in [-0.05, 0) is 31.5 Å². The number of aryl methyl sites for hydroxylation is 1. The van der Waals surface area contributed by atoms with Crippen molar-refractivity contribution in [3.8, 4) is 12.3 Å². The first-order valence-corrected chi connectivity index (χ1v) is 5.37. The van der Waals surface area contributed by atoms with Gasteiger partial charge in [-0.3, -0.25) is 4.79 Å². The smallest absolute Gasteiger partial charge is 0.252 e. The fraction of sp³-hybridized carbons (Fsp3) is 0.250. The Morgan fingerprint density at radius 1 is 1.60 bits per heavy atom. The molecule has 2 nitrogen and oxygen atoms in total. The third-order valence-corrected chi connectivity index (χ3v) is 2.54. The molecule has 1 aromatic rings. The van der Waals surface area contributed by atoms with Crippen molar-refractivity contribution in [3.63, 3.8) is 0 Å².